The first-order chi connectivity index (χ1) is 8.50. The highest BCUT2D eigenvalue weighted by molar-refractivity contribution is 9.10. The molecule has 0 bridgehead atoms. The molecule has 0 spiro atoms. The van der Waals surface area contributed by atoms with Crippen molar-refractivity contribution >= 4 is 21.9 Å². The molecule has 2 rings (SSSR count). The molecule has 1 aliphatic rings. The molecule has 0 unspecified atom stereocenters. The molecule has 1 atom stereocenters. The predicted molar refractivity (Wildman–Crippen MR) is 65.1 cm³/mol. The van der Waals surface area contributed by atoms with Crippen molar-refractivity contribution in [3.8, 4) is 0 Å². The highest BCUT2D eigenvalue weighted by Crippen LogP contribution is 2.26. The summed E-state index contributed by atoms with van der Waals surface area (Å²) in [6.07, 6.45) is 1.25. The summed E-state index contributed by atoms with van der Waals surface area (Å²) in [5.41, 5.74) is -0.0856. The van der Waals surface area contributed by atoms with E-state index in [1.165, 1.54) is 12.1 Å². The van der Waals surface area contributed by atoms with Gasteiger partial charge in [0.2, 0.25) is 0 Å². The van der Waals surface area contributed by atoms with Gasteiger partial charge in [0.25, 0.3) is 0 Å². The van der Waals surface area contributed by atoms with Gasteiger partial charge in [-0.25, -0.2) is 8.78 Å². The molecule has 1 fully saturated rings. The predicted octanol–water partition coefficient (Wildman–Crippen LogP) is 2.78. The van der Waals surface area contributed by atoms with Crippen LogP contribution in [-0.2, 0) is 11.3 Å². The number of benzene rings is 1. The second kappa shape index (κ2) is 5.32. The molecule has 18 heavy (non-hydrogen) atoms. The molecule has 0 amide bonds. The number of likely N-dealkylation sites (tertiary alicyclic amines) is 1. The van der Waals surface area contributed by atoms with E-state index in [2.05, 4.69) is 15.9 Å². The minimum absolute atomic E-state index is 0.0198. The van der Waals surface area contributed by atoms with E-state index in [-0.39, 0.29) is 16.6 Å². The lowest BCUT2D eigenvalue weighted by molar-refractivity contribution is -0.142. The zero-order valence-corrected chi connectivity index (χ0v) is 11.1. The minimum Gasteiger partial charge on any atom is -0.480 e. The quantitative estimate of drug-likeness (QED) is 0.871. The molecule has 6 heteroatoms. The Balaban J connectivity index is 2.24. The third kappa shape index (κ3) is 2.54. The first-order valence-corrected chi connectivity index (χ1v) is 6.39. The molecule has 0 aliphatic carbocycles. The van der Waals surface area contributed by atoms with E-state index in [1.54, 1.807) is 4.90 Å². The maximum atomic E-state index is 13.8. The summed E-state index contributed by atoms with van der Waals surface area (Å²) in [6.45, 7) is 0.524. The van der Waals surface area contributed by atoms with Gasteiger partial charge in [0, 0.05) is 12.1 Å². The summed E-state index contributed by atoms with van der Waals surface area (Å²) in [5, 5.41) is 9.02. The van der Waals surface area contributed by atoms with Crippen LogP contribution in [0.5, 0.6) is 0 Å². The van der Waals surface area contributed by atoms with E-state index in [0.717, 1.165) is 6.42 Å². The third-order valence-electron chi connectivity index (χ3n) is 3.15. The van der Waals surface area contributed by atoms with Crippen molar-refractivity contribution < 1.29 is 18.7 Å². The van der Waals surface area contributed by atoms with E-state index in [0.29, 0.717) is 13.0 Å². The molecular weight excluding hydrogens is 308 g/mol. The van der Waals surface area contributed by atoms with Gasteiger partial charge in [0.1, 0.15) is 17.7 Å². The molecule has 3 nitrogen and oxygen atoms in total. The number of hydrogen-bond donors (Lipinski definition) is 1. The van der Waals surface area contributed by atoms with Crippen LogP contribution in [0.4, 0.5) is 8.78 Å². The molecule has 0 saturated carbocycles. The van der Waals surface area contributed by atoms with Crippen molar-refractivity contribution in [1.29, 1.82) is 0 Å². The number of rotatable bonds is 3. The van der Waals surface area contributed by atoms with Crippen molar-refractivity contribution in [2.24, 2.45) is 0 Å². The number of nitrogens with zero attached hydrogens (tertiary/aromatic N) is 1. The van der Waals surface area contributed by atoms with Gasteiger partial charge < -0.3 is 5.11 Å². The fourth-order valence-corrected chi connectivity index (χ4v) is 2.58. The second-order valence-corrected chi connectivity index (χ2v) is 5.14. The normalized spacial score (nSPS) is 20.3. The molecule has 0 radical (unpaired) electrons. The highest BCUT2D eigenvalue weighted by atomic mass is 79.9. The van der Waals surface area contributed by atoms with Gasteiger partial charge in [0.05, 0.1) is 4.47 Å². The van der Waals surface area contributed by atoms with Gasteiger partial charge in [-0.05, 0) is 47.4 Å². The number of aliphatic carboxylic acids is 1. The number of hydrogen-bond acceptors (Lipinski definition) is 2. The van der Waals surface area contributed by atoms with Gasteiger partial charge in [-0.1, -0.05) is 0 Å². The van der Waals surface area contributed by atoms with Gasteiger partial charge in [0.15, 0.2) is 0 Å². The molecular formula is C12H12BrF2NO2. The summed E-state index contributed by atoms with van der Waals surface area (Å²) in [7, 11) is 0. The summed E-state index contributed by atoms with van der Waals surface area (Å²) in [4.78, 5) is 12.6. The van der Waals surface area contributed by atoms with E-state index < -0.39 is 23.6 Å². The van der Waals surface area contributed by atoms with Gasteiger partial charge >= 0.3 is 5.97 Å². The summed E-state index contributed by atoms with van der Waals surface area (Å²) in [6, 6.07) is 1.82. The van der Waals surface area contributed by atoms with E-state index in [9.17, 15) is 13.6 Å². The topological polar surface area (TPSA) is 40.5 Å². The van der Waals surface area contributed by atoms with Crippen molar-refractivity contribution in [3.63, 3.8) is 0 Å². The number of carboxylic acids is 1. The lowest BCUT2D eigenvalue weighted by Crippen LogP contribution is -2.35. The van der Waals surface area contributed by atoms with Crippen molar-refractivity contribution in [3.05, 3.63) is 33.8 Å². The monoisotopic (exact) mass is 319 g/mol. The lowest BCUT2D eigenvalue weighted by Gasteiger charge is -2.21. The van der Waals surface area contributed by atoms with Crippen LogP contribution in [0.3, 0.4) is 0 Å². The van der Waals surface area contributed by atoms with Crippen LogP contribution in [-0.4, -0.2) is 28.6 Å². The molecule has 1 saturated heterocycles. The zero-order chi connectivity index (χ0) is 13.3. The van der Waals surface area contributed by atoms with Crippen LogP contribution < -0.4 is 0 Å². The van der Waals surface area contributed by atoms with E-state index in [1.807, 2.05) is 0 Å². The standard InChI is InChI=1S/C12H12BrF2NO2/c13-8-3-4-9(14)7(11(8)15)6-16-5-1-2-10(16)12(17)18/h3-4,10H,1-2,5-6H2,(H,17,18)/t10-/m0/s1. The Kier molecular flexibility index (Phi) is 3.97. The summed E-state index contributed by atoms with van der Waals surface area (Å²) >= 11 is 3.00. The van der Waals surface area contributed by atoms with Crippen LogP contribution in [0.2, 0.25) is 0 Å². The highest BCUT2D eigenvalue weighted by Gasteiger charge is 2.31. The molecule has 1 aliphatic heterocycles. The Morgan fingerprint density at radius 1 is 1.50 bits per heavy atom. The molecule has 1 aromatic rings. The maximum absolute atomic E-state index is 13.8. The van der Waals surface area contributed by atoms with E-state index >= 15 is 0 Å². The molecule has 1 N–H and O–H groups in total. The third-order valence-corrected chi connectivity index (χ3v) is 3.76. The van der Waals surface area contributed by atoms with Crippen molar-refractivity contribution in [2.45, 2.75) is 25.4 Å². The molecule has 1 heterocycles. The average molecular weight is 320 g/mol. The fraction of sp³-hybridized carbons (Fsp3) is 0.417. The molecule has 1 aromatic carbocycles. The molecule has 98 valence electrons. The van der Waals surface area contributed by atoms with Crippen LogP contribution >= 0.6 is 15.9 Å². The van der Waals surface area contributed by atoms with Gasteiger partial charge in [-0.2, -0.15) is 0 Å². The first kappa shape index (κ1) is 13.4. The average Bonchev–Trinajstić information content (AvgIpc) is 2.78. The van der Waals surface area contributed by atoms with Crippen LogP contribution in [0.1, 0.15) is 18.4 Å². The van der Waals surface area contributed by atoms with Crippen molar-refractivity contribution in [1.82, 2.24) is 4.90 Å². The maximum Gasteiger partial charge on any atom is 0.320 e. The Morgan fingerprint density at radius 3 is 2.89 bits per heavy atom. The Bertz CT molecular complexity index is 481. The van der Waals surface area contributed by atoms with Crippen LogP contribution in [0.15, 0.2) is 16.6 Å². The first-order valence-electron chi connectivity index (χ1n) is 5.60. The fourth-order valence-electron chi connectivity index (χ4n) is 2.21. The number of carbonyl (C=O) groups is 1. The smallest absolute Gasteiger partial charge is 0.320 e. The van der Waals surface area contributed by atoms with Crippen LogP contribution in [0, 0.1) is 11.6 Å². The van der Waals surface area contributed by atoms with E-state index in [4.69, 9.17) is 5.11 Å². The van der Waals surface area contributed by atoms with Crippen LogP contribution in [0.25, 0.3) is 0 Å². The second-order valence-electron chi connectivity index (χ2n) is 4.29. The van der Waals surface area contributed by atoms with Gasteiger partial charge in [-0.15, -0.1) is 0 Å². The SMILES string of the molecule is O=C(O)[C@@H]1CCCN1Cc1c(F)ccc(Br)c1F. The van der Waals surface area contributed by atoms with Crippen molar-refractivity contribution in [2.75, 3.05) is 6.54 Å². The lowest BCUT2D eigenvalue weighted by atomic mass is 10.1. The zero-order valence-electron chi connectivity index (χ0n) is 9.50. The number of halogens is 3. The number of carboxylic acid groups (broad SMARTS) is 1. The Labute approximate surface area is 112 Å². The van der Waals surface area contributed by atoms with Gasteiger partial charge in [-0.3, -0.25) is 9.69 Å². The summed E-state index contributed by atoms with van der Waals surface area (Å²) < 4.78 is 27.5. The Morgan fingerprint density at radius 2 is 2.22 bits per heavy atom. The summed E-state index contributed by atoms with van der Waals surface area (Å²) in [5.74, 6) is -2.25. The minimum atomic E-state index is -0.941. The largest absolute Gasteiger partial charge is 0.480 e. The Hall–Kier alpha value is -1.01. The molecule has 0 aromatic heterocycles.